The SMILES string of the molecule is CCC[NH+](CC(=O)c1[nH]c(C)c(C(=O)OC)c1C)Cc1nnc(-c2ccco2)o1. The largest absolute Gasteiger partial charge is 0.465 e. The van der Waals surface area contributed by atoms with Crippen LogP contribution in [0.5, 0.6) is 0 Å². The molecule has 0 spiro atoms. The minimum Gasteiger partial charge on any atom is -0.465 e. The van der Waals surface area contributed by atoms with E-state index in [4.69, 9.17) is 13.6 Å². The van der Waals surface area contributed by atoms with Crippen LogP contribution in [-0.2, 0) is 11.3 Å². The Morgan fingerprint density at radius 1 is 1.28 bits per heavy atom. The number of esters is 1. The molecular weight excluding hydrogens is 376 g/mol. The van der Waals surface area contributed by atoms with Gasteiger partial charge in [-0.3, -0.25) is 4.79 Å². The summed E-state index contributed by atoms with van der Waals surface area (Å²) in [5.41, 5.74) is 2.06. The Morgan fingerprint density at radius 2 is 2.07 bits per heavy atom. The number of Topliss-reactive ketones (excluding diaryl/α,β-unsaturated/α-hetero) is 1. The van der Waals surface area contributed by atoms with Crippen LogP contribution < -0.4 is 4.90 Å². The molecule has 0 radical (unpaired) electrons. The molecule has 1 unspecified atom stereocenters. The monoisotopic (exact) mass is 401 g/mol. The maximum absolute atomic E-state index is 12.9. The number of hydrogen-bond acceptors (Lipinski definition) is 7. The number of nitrogens with one attached hydrogen (secondary N) is 2. The van der Waals surface area contributed by atoms with Crippen molar-refractivity contribution in [1.29, 1.82) is 0 Å². The highest BCUT2D eigenvalue weighted by molar-refractivity contribution is 6.01. The number of rotatable bonds is 9. The molecule has 3 rings (SSSR count). The predicted octanol–water partition coefficient (Wildman–Crippen LogP) is 1.74. The maximum Gasteiger partial charge on any atom is 0.339 e. The Labute approximate surface area is 168 Å². The fraction of sp³-hybridized carbons (Fsp3) is 0.400. The Kier molecular flexibility index (Phi) is 6.28. The fourth-order valence-electron chi connectivity index (χ4n) is 3.38. The highest BCUT2D eigenvalue weighted by Crippen LogP contribution is 2.19. The van der Waals surface area contributed by atoms with E-state index in [0.717, 1.165) is 17.9 Å². The van der Waals surface area contributed by atoms with Crippen LogP contribution in [-0.4, -0.2) is 47.1 Å². The molecule has 0 saturated heterocycles. The lowest BCUT2D eigenvalue weighted by atomic mass is 10.1. The van der Waals surface area contributed by atoms with Gasteiger partial charge in [-0.15, -0.1) is 10.2 Å². The number of H-pyrrole nitrogens is 1. The van der Waals surface area contributed by atoms with E-state index in [0.29, 0.717) is 46.6 Å². The van der Waals surface area contributed by atoms with E-state index in [1.165, 1.54) is 13.4 Å². The molecule has 0 amide bonds. The van der Waals surface area contributed by atoms with Crippen LogP contribution in [0.1, 0.15) is 51.3 Å². The fourth-order valence-corrected chi connectivity index (χ4v) is 3.38. The first-order chi connectivity index (χ1) is 13.9. The van der Waals surface area contributed by atoms with Gasteiger partial charge < -0.3 is 23.5 Å². The zero-order chi connectivity index (χ0) is 21.0. The van der Waals surface area contributed by atoms with Gasteiger partial charge in [0.1, 0.15) is 6.54 Å². The summed E-state index contributed by atoms with van der Waals surface area (Å²) in [4.78, 5) is 28.9. The summed E-state index contributed by atoms with van der Waals surface area (Å²) in [6.07, 6.45) is 2.42. The first-order valence-corrected chi connectivity index (χ1v) is 9.45. The summed E-state index contributed by atoms with van der Waals surface area (Å²) in [6.45, 7) is 6.94. The molecule has 0 fully saturated rings. The van der Waals surface area contributed by atoms with Gasteiger partial charge >= 0.3 is 5.97 Å². The van der Waals surface area contributed by atoms with Gasteiger partial charge in [0.25, 0.3) is 11.8 Å². The van der Waals surface area contributed by atoms with Crippen molar-refractivity contribution in [2.75, 3.05) is 20.2 Å². The number of quaternary nitrogens is 1. The van der Waals surface area contributed by atoms with Gasteiger partial charge in [-0.1, -0.05) is 6.92 Å². The maximum atomic E-state index is 12.9. The average Bonchev–Trinajstić information content (AvgIpc) is 3.42. The Morgan fingerprint density at radius 3 is 2.72 bits per heavy atom. The quantitative estimate of drug-likeness (QED) is 0.414. The van der Waals surface area contributed by atoms with Crippen LogP contribution in [0.25, 0.3) is 11.7 Å². The minimum absolute atomic E-state index is 0.0880. The van der Waals surface area contributed by atoms with E-state index >= 15 is 0 Å². The van der Waals surface area contributed by atoms with Crippen LogP contribution in [0.4, 0.5) is 0 Å². The normalized spacial score (nSPS) is 12.1. The topological polar surface area (TPSA) is 116 Å². The van der Waals surface area contributed by atoms with Crippen molar-refractivity contribution in [3.8, 4) is 11.7 Å². The lowest BCUT2D eigenvalue weighted by Gasteiger charge is -2.16. The van der Waals surface area contributed by atoms with Gasteiger partial charge in [0.2, 0.25) is 5.78 Å². The number of ketones is 1. The number of hydrogen-bond donors (Lipinski definition) is 2. The van der Waals surface area contributed by atoms with Gasteiger partial charge in [0, 0.05) is 5.69 Å². The number of furan rings is 1. The first-order valence-electron chi connectivity index (χ1n) is 9.45. The zero-order valence-corrected chi connectivity index (χ0v) is 17.0. The molecule has 3 aromatic rings. The zero-order valence-electron chi connectivity index (χ0n) is 17.0. The van der Waals surface area contributed by atoms with Gasteiger partial charge in [-0.25, -0.2) is 4.79 Å². The standard InChI is InChI=1S/C20H24N4O5/c1-5-8-24(11-16-22-23-19(29-16)15-7-6-9-28-15)10-14(25)18-12(2)17(13(3)21-18)20(26)27-4/h6-7,9,21H,5,8,10-11H2,1-4H3/p+1. The van der Waals surface area contributed by atoms with Crippen molar-refractivity contribution in [3.05, 3.63) is 46.8 Å². The Hall–Kier alpha value is -3.20. The van der Waals surface area contributed by atoms with Crippen molar-refractivity contribution in [2.45, 2.75) is 33.7 Å². The Bertz CT molecular complexity index is 987. The summed E-state index contributed by atoms with van der Waals surface area (Å²) in [6, 6.07) is 3.49. The summed E-state index contributed by atoms with van der Waals surface area (Å²) in [7, 11) is 1.32. The number of carbonyl (C=O) groups is 2. The smallest absolute Gasteiger partial charge is 0.339 e. The van der Waals surface area contributed by atoms with E-state index in [9.17, 15) is 9.59 Å². The van der Waals surface area contributed by atoms with Gasteiger partial charge in [0.05, 0.1) is 31.2 Å². The van der Waals surface area contributed by atoms with Crippen LogP contribution in [0.2, 0.25) is 0 Å². The van der Waals surface area contributed by atoms with E-state index < -0.39 is 5.97 Å². The van der Waals surface area contributed by atoms with E-state index in [-0.39, 0.29) is 12.3 Å². The molecule has 9 nitrogen and oxygen atoms in total. The van der Waals surface area contributed by atoms with E-state index in [1.54, 1.807) is 26.0 Å². The molecule has 0 aliphatic carbocycles. The predicted molar refractivity (Wildman–Crippen MR) is 103 cm³/mol. The Balaban J connectivity index is 1.74. The molecule has 0 aliphatic rings. The lowest BCUT2D eigenvalue weighted by molar-refractivity contribution is -0.906. The molecule has 0 bridgehead atoms. The molecule has 1 atom stereocenters. The van der Waals surface area contributed by atoms with E-state index in [1.807, 2.05) is 6.92 Å². The number of methoxy groups -OCH3 is 1. The highest BCUT2D eigenvalue weighted by atomic mass is 16.5. The van der Waals surface area contributed by atoms with Crippen molar-refractivity contribution >= 4 is 11.8 Å². The van der Waals surface area contributed by atoms with Gasteiger partial charge in [-0.2, -0.15) is 0 Å². The van der Waals surface area contributed by atoms with Crippen LogP contribution in [0.15, 0.2) is 27.2 Å². The number of aromatic amines is 1. The molecule has 3 heterocycles. The van der Waals surface area contributed by atoms with Gasteiger partial charge in [-0.05, 0) is 38.0 Å². The average molecular weight is 401 g/mol. The molecule has 0 aromatic carbocycles. The van der Waals surface area contributed by atoms with Crippen molar-refractivity contribution in [2.24, 2.45) is 0 Å². The molecule has 0 aliphatic heterocycles. The molecular formula is C20H25N4O5+. The second-order valence-electron chi connectivity index (χ2n) is 6.87. The molecule has 154 valence electrons. The number of carbonyl (C=O) groups excluding carboxylic acids is 2. The van der Waals surface area contributed by atoms with Crippen molar-refractivity contribution < 1.29 is 28.1 Å². The minimum atomic E-state index is -0.454. The highest BCUT2D eigenvalue weighted by Gasteiger charge is 2.26. The number of aryl methyl sites for hydroxylation is 1. The summed E-state index contributed by atoms with van der Waals surface area (Å²) in [5.74, 6) is 0.706. The summed E-state index contributed by atoms with van der Waals surface area (Å²) < 4.78 is 15.7. The summed E-state index contributed by atoms with van der Waals surface area (Å²) >= 11 is 0. The third kappa shape index (κ3) is 4.45. The van der Waals surface area contributed by atoms with Crippen molar-refractivity contribution in [3.63, 3.8) is 0 Å². The second kappa shape index (κ2) is 8.87. The molecule has 9 heteroatoms. The lowest BCUT2D eigenvalue weighted by Crippen LogP contribution is -3.11. The van der Waals surface area contributed by atoms with E-state index in [2.05, 4.69) is 15.2 Å². The first kappa shape index (κ1) is 20.5. The van der Waals surface area contributed by atoms with Crippen LogP contribution in [0, 0.1) is 13.8 Å². The number of nitrogens with zero attached hydrogens (tertiary/aromatic N) is 2. The summed E-state index contributed by atoms with van der Waals surface area (Å²) in [5, 5.41) is 8.07. The molecule has 2 N–H and O–H groups in total. The van der Waals surface area contributed by atoms with Crippen LogP contribution in [0.3, 0.4) is 0 Å². The van der Waals surface area contributed by atoms with Gasteiger partial charge in [0.15, 0.2) is 12.3 Å². The number of aromatic nitrogens is 3. The third-order valence-electron chi connectivity index (χ3n) is 4.72. The second-order valence-corrected chi connectivity index (χ2v) is 6.87. The third-order valence-corrected chi connectivity index (χ3v) is 4.72. The molecule has 3 aromatic heterocycles. The van der Waals surface area contributed by atoms with Crippen LogP contribution >= 0.6 is 0 Å². The van der Waals surface area contributed by atoms with Crippen molar-refractivity contribution in [1.82, 2.24) is 15.2 Å². The number of ether oxygens (including phenoxy) is 1. The molecule has 0 saturated carbocycles. The molecule has 29 heavy (non-hydrogen) atoms.